The van der Waals surface area contributed by atoms with Gasteiger partial charge in [-0.3, -0.25) is 18.9 Å². The van der Waals surface area contributed by atoms with Crippen molar-refractivity contribution in [2.75, 3.05) is 0 Å². The van der Waals surface area contributed by atoms with Gasteiger partial charge in [0.2, 0.25) is 0 Å². The maximum Gasteiger partial charge on any atom is 0.121 e. The van der Waals surface area contributed by atoms with Crippen LogP contribution in [-0.2, 0) is 0 Å². The molecule has 0 unspecified atom stereocenters. The van der Waals surface area contributed by atoms with Crippen molar-refractivity contribution in [2.45, 2.75) is 152 Å². The predicted molar refractivity (Wildman–Crippen MR) is 136 cm³/mol. The van der Waals surface area contributed by atoms with Crippen molar-refractivity contribution in [3.05, 3.63) is 16.0 Å². The molecule has 0 atom stereocenters. The van der Waals surface area contributed by atoms with E-state index in [1.54, 1.807) is 0 Å². The van der Waals surface area contributed by atoms with E-state index < -0.39 is 0 Å². The molecule has 0 spiro atoms. The largest absolute Gasteiger partial charge is 0.373 e. The monoisotopic (exact) mass is 481 g/mol. The van der Waals surface area contributed by atoms with Crippen LogP contribution in [0.5, 0.6) is 0 Å². The van der Waals surface area contributed by atoms with Crippen LogP contribution in [0, 0.1) is 0 Å². The number of halogens is 1. The summed E-state index contributed by atoms with van der Waals surface area (Å²) in [5, 5.41) is 0. The summed E-state index contributed by atoms with van der Waals surface area (Å²) in [5.41, 5.74) is 13.5. The van der Waals surface area contributed by atoms with Gasteiger partial charge in [0, 0.05) is 36.3 Å². The molecule has 182 valence electrons. The van der Waals surface area contributed by atoms with E-state index in [4.69, 9.17) is 11.1 Å². The first-order chi connectivity index (χ1) is 15.3. The molecule has 0 amide bonds. The van der Waals surface area contributed by atoms with Crippen LogP contribution in [0.2, 0.25) is 0 Å². The zero-order chi connectivity index (χ0) is 21.2. The summed E-state index contributed by atoms with van der Waals surface area (Å²) >= 11 is 0. The zero-order valence-electron chi connectivity index (χ0n) is 19.7. The van der Waals surface area contributed by atoms with Crippen molar-refractivity contribution >= 4 is 20.8 Å². The first-order valence-electron chi connectivity index (χ1n) is 13.4. The Morgan fingerprint density at radius 2 is 0.594 bits per heavy atom. The average Bonchev–Trinajstić information content (AvgIpc) is 2.45. The molecule has 8 heteroatoms. The highest BCUT2D eigenvalue weighted by atomic mass is 35.5. The van der Waals surface area contributed by atoms with Crippen LogP contribution >= 0.6 is 20.8 Å². The summed E-state index contributed by atoms with van der Waals surface area (Å²) in [4.78, 5) is 1.50. The normalized spacial score (nSPS) is 27.2. The third-order valence-electron chi connectivity index (χ3n) is 9.31. The minimum atomic E-state index is -0.215. The minimum absolute atomic E-state index is 0. The summed E-state index contributed by atoms with van der Waals surface area (Å²) in [6, 6.07) is 5.59. The van der Waals surface area contributed by atoms with Gasteiger partial charge >= 0.3 is 0 Å². The molecule has 0 radical (unpaired) electrons. The molecule has 0 aromatic rings. The highest BCUT2D eigenvalue weighted by Crippen LogP contribution is 2.64. The maximum absolute atomic E-state index is 6.75. The van der Waals surface area contributed by atoms with Crippen LogP contribution in [0.15, 0.2) is 0 Å². The Morgan fingerprint density at radius 1 is 0.438 bits per heavy atom. The molecule has 6 rings (SSSR count). The van der Waals surface area contributed by atoms with Crippen LogP contribution < -0.4 is 0 Å². The van der Waals surface area contributed by atoms with Gasteiger partial charge in [-0.15, -0.1) is 12.4 Å². The van der Waals surface area contributed by atoms with Crippen LogP contribution in [0.4, 0.5) is 0 Å². The third kappa shape index (κ3) is 4.83. The van der Waals surface area contributed by atoms with Gasteiger partial charge in [0.1, 0.15) is 8.37 Å². The fourth-order valence-electron chi connectivity index (χ4n) is 6.04. The van der Waals surface area contributed by atoms with Gasteiger partial charge in [-0.25, -0.2) is 0 Å². The molecule has 0 aromatic heterocycles. The first kappa shape index (κ1) is 25.0. The lowest BCUT2D eigenvalue weighted by atomic mass is 9.87. The van der Waals surface area contributed by atoms with Gasteiger partial charge in [0.25, 0.3) is 0 Å². The molecular weight excluding hydrogens is 439 g/mol. The molecule has 0 aliphatic heterocycles. The first-order valence-corrected chi connectivity index (χ1v) is 14.6. The van der Waals surface area contributed by atoms with Crippen molar-refractivity contribution in [2.24, 2.45) is 0 Å². The van der Waals surface area contributed by atoms with E-state index in [1.165, 1.54) is 120 Å². The number of rotatable bonds is 9. The Labute approximate surface area is 202 Å². The molecule has 6 nitrogen and oxygen atoms in total. The van der Waals surface area contributed by atoms with E-state index in [0.29, 0.717) is 0 Å². The van der Waals surface area contributed by atoms with E-state index in [1.807, 2.05) is 0 Å². The van der Waals surface area contributed by atoms with Crippen LogP contribution in [0.25, 0.3) is 16.0 Å². The molecule has 0 aromatic carbocycles. The molecule has 0 saturated heterocycles. The van der Waals surface area contributed by atoms with Gasteiger partial charge in [-0.05, 0) is 77.0 Å². The molecule has 6 aliphatic carbocycles. The van der Waals surface area contributed by atoms with Gasteiger partial charge in [-0.1, -0.05) is 38.5 Å². The Kier molecular flexibility index (Phi) is 9.04. The summed E-state index contributed by atoms with van der Waals surface area (Å²) in [5.74, 6) is 0. The van der Waals surface area contributed by atoms with Gasteiger partial charge < -0.3 is 11.1 Å². The highest BCUT2D eigenvalue weighted by molar-refractivity contribution is 7.50. The van der Waals surface area contributed by atoms with E-state index >= 15 is 0 Å². The zero-order valence-corrected chi connectivity index (χ0v) is 21.4. The fraction of sp³-hybridized carbons (Fsp3) is 1.00. The van der Waals surface area contributed by atoms with Crippen LogP contribution in [0.3, 0.4) is 0 Å². The Morgan fingerprint density at radius 3 is 0.688 bits per heavy atom. The van der Waals surface area contributed by atoms with Crippen molar-refractivity contribution < 1.29 is 0 Å². The van der Waals surface area contributed by atoms with Gasteiger partial charge in [0.05, 0.1) is 0 Å². The summed E-state index contributed by atoms with van der Waals surface area (Å²) in [7, 11) is -0.215. The molecule has 32 heavy (non-hydrogen) atoms. The standard InChI is InChI=1S/C24H42N3P.ClH.N3/c1-7-19(8-1)25(20-9-2-10-20)28(26(21-11-3-12-21)22-13-4-14-22)27(23-15-5-16-23)24-17-6-18-24;;1-3-2/h19-24H,1-18H2;1H;/q;;-1. The molecule has 6 saturated carbocycles. The SMILES string of the molecule is C1CC(N(C2CCC2)P(N(C2CCC2)C2CCC2)N(C2CCC2)C2CCC2)C1.Cl.[N-]=[N+]=[N-]. The molecule has 0 heterocycles. The summed E-state index contributed by atoms with van der Waals surface area (Å²) in [6.45, 7) is 0. The maximum atomic E-state index is 6.75. The van der Waals surface area contributed by atoms with E-state index in [0.717, 1.165) is 36.3 Å². The third-order valence-corrected chi connectivity index (χ3v) is 12.5. The smallest absolute Gasteiger partial charge is 0.121 e. The lowest BCUT2D eigenvalue weighted by Crippen LogP contribution is -2.60. The van der Waals surface area contributed by atoms with Gasteiger partial charge in [-0.2, -0.15) is 0 Å². The Balaban J connectivity index is 0.000000582. The fourth-order valence-corrected chi connectivity index (χ4v) is 9.89. The van der Waals surface area contributed by atoms with Crippen LogP contribution in [-0.4, -0.2) is 50.3 Å². The Bertz CT molecular complexity index is 504. The van der Waals surface area contributed by atoms with Crippen LogP contribution in [0.1, 0.15) is 116 Å². The average molecular weight is 482 g/mol. The summed E-state index contributed by atoms with van der Waals surface area (Å²) < 4.78 is 9.70. The van der Waals surface area contributed by atoms with E-state index in [2.05, 4.69) is 14.0 Å². The molecule has 0 bridgehead atoms. The predicted octanol–water partition coefficient (Wildman–Crippen LogP) is 7.72. The molecular formula is C24H43ClN6P-. The van der Waals surface area contributed by atoms with Gasteiger partial charge in [0.15, 0.2) is 0 Å². The second-order valence-corrected chi connectivity index (χ2v) is 12.9. The van der Waals surface area contributed by atoms with Crippen molar-refractivity contribution in [3.8, 4) is 0 Å². The minimum Gasteiger partial charge on any atom is -0.373 e. The second-order valence-electron chi connectivity index (χ2n) is 11.0. The quantitative estimate of drug-likeness (QED) is 0.146. The molecule has 6 aliphatic rings. The number of hydrogen-bond acceptors (Lipinski definition) is 3. The molecule has 0 N–H and O–H groups in total. The lowest BCUT2D eigenvalue weighted by Gasteiger charge is -2.63. The second kappa shape index (κ2) is 11.6. The number of nitrogens with zero attached hydrogens (tertiary/aromatic N) is 6. The summed E-state index contributed by atoms with van der Waals surface area (Å²) in [6.07, 6.45) is 27.0. The topological polar surface area (TPSA) is 68.4 Å². The highest BCUT2D eigenvalue weighted by Gasteiger charge is 2.52. The van der Waals surface area contributed by atoms with Crippen molar-refractivity contribution in [1.82, 2.24) is 14.0 Å². The van der Waals surface area contributed by atoms with E-state index in [9.17, 15) is 0 Å². The van der Waals surface area contributed by atoms with E-state index in [-0.39, 0.29) is 20.8 Å². The lowest BCUT2D eigenvalue weighted by molar-refractivity contribution is 0.0455. The number of hydrogen-bond donors (Lipinski definition) is 0. The van der Waals surface area contributed by atoms with Crippen molar-refractivity contribution in [1.29, 1.82) is 0 Å². The molecule has 6 fully saturated rings. The Hall–Kier alpha value is -0.0900. The van der Waals surface area contributed by atoms with Crippen molar-refractivity contribution in [3.63, 3.8) is 0 Å².